The summed E-state index contributed by atoms with van der Waals surface area (Å²) in [5, 5.41) is 3.20. The Morgan fingerprint density at radius 3 is 2.58 bits per heavy atom. The summed E-state index contributed by atoms with van der Waals surface area (Å²) in [6, 6.07) is 0. The molecule has 110 valence electrons. The molecule has 0 aromatic rings. The van der Waals surface area contributed by atoms with Gasteiger partial charge in [-0.1, -0.05) is 13.8 Å². The van der Waals surface area contributed by atoms with Gasteiger partial charge in [-0.2, -0.15) is 0 Å². The maximum atomic E-state index is 11.9. The van der Waals surface area contributed by atoms with E-state index in [9.17, 15) is 4.79 Å². The number of hydrogen-bond donors (Lipinski definition) is 1. The quantitative estimate of drug-likeness (QED) is 0.303. The van der Waals surface area contributed by atoms with Gasteiger partial charge < -0.3 is 14.8 Å². The van der Waals surface area contributed by atoms with Gasteiger partial charge in [0.2, 0.25) is 0 Å². The normalized spacial score (nSPS) is 17.2. The molecule has 0 heterocycles. The lowest BCUT2D eigenvalue weighted by Gasteiger charge is -2.27. The molecule has 1 N–H and O–H groups in total. The molecule has 0 amide bonds. The van der Waals surface area contributed by atoms with Crippen molar-refractivity contribution in [2.24, 2.45) is 0 Å². The average Bonchev–Trinajstić information content (AvgIpc) is 2.87. The zero-order valence-corrected chi connectivity index (χ0v) is 12.3. The number of esters is 1. The summed E-state index contributed by atoms with van der Waals surface area (Å²) in [6.45, 7) is 10.1. The molecule has 0 bridgehead atoms. The van der Waals surface area contributed by atoms with Crippen molar-refractivity contribution in [3.05, 3.63) is 12.3 Å². The van der Waals surface area contributed by atoms with E-state index < -0.39 is 5.97 Å². The van der Waals surface area contributed by atoms with E-state index in [0.29, 0.717) is 6.61 Å². The molecule has 0 unspecified atom stereocenters. The van der Waals surface area contributed by atoms with Crippen LogP contribution in [0.4, 0.5) is 0 Å². The van der Waals surface area contributed by atoms with Crippen molar-refractivity contribution in [3.8, 4) is 0 Å². The molecule has 1 fully saturated rings. The lowest BCUT2D eigenvalue weighted by Crippen LogP contribution is -2.32. The summed E-state index contributed by atoms with van der Waals surface area (Å²) in [5.74, 6) is -0.261. The van der Waals surface area contributed by atoms with Crippen LogP contribution in [0, 0.1) is 0 Å². The Morgan fingerprint density at radius 1 is 1.32 bits per heavy atom. The predicted octanol–water partition coefficient (Wildman–Crippen LogP) is 2.78. The zero-order chi connectivity index (χ0) is 14.1. The molecule has 1 aliphatic rings. The molecule has 0 aliphatic heterocycles. The molecule has 1 rings (SSSR count). The van der Waals surface area contributed by atoms with Crippen molar-refractivity contribution in [1.82, 2.24) is 5.32 Å². The third kappa shape index (κ3) is 5.23. The highest BCUT2D eigenvalue weighted by Gasteiger charge is 2.36. The van der Waals surface area contributed by atoms with E-state index in [-0.39, 0.29) is 11.4 Å². The van der Waals surface area contributed by atoms with Gasteiger partial charge in [0.05, 0.1) is 6.61 Å². The Labute approximate surface area is 116 Å². The van der Waals surface area contributed by atoms with Crippen molar-refractivity contribution in [3.63, 3.8) is 0 Å². The first-order valence-corrected chi connectivity index (χ1v) is 7.39. The predicted molar refractivity (Wildman–Crippen MR) is 75.8 cm³/mol. The second kappa shape index (κ2) is 8.20. The van der Waals surface area contributed by atoms with Gasteiger partial charge in [0.15, 0.2) is 5.76 Å². The van der Waals surface area contributed by atoms with Crippen molar-refractivity contribution in [2.75, 3.05) is 19.7 Å². The Balaban J connectivity index is 2.26. The van der Waals surface area contributed by atoms with Crippen molar-refractivity contribution < 1.29 is 14.3 Å². The number of hydrogen-bond acceptors (Lipinski definition) is 4. The lowest BCUT2D eigenvalue weighted by molar-refractivity contribution is -0.159. The van der Waals surface area contributed by atoms with Crippen LogP contribution in [0.15, 0.2) is 12.3 Å². The van der Waals surface area contributed by atoms with Gasteiger partial charge in [-0.25, -0.2) is 4.79 Å². The van der Waals surface area contributed by atoms with Crippen LogP contribution in [0.2, 0.25) is 0 Å². The molecule has 19 heavy (non-hydrogen) atoms. The minimum absolute atomic E-state index is 0.135. The van der Waals surface area contributed by atoms with Crippen molar-refractivity contribution in [1.29, 1.82) is 0 Å². The van der Waals surface area contributed by atoms with Gasteiger partial charge in [-0.15, -0.1) is 0 Å². The highest BCUT2D eigenvalue weighted by molar-refractivity contribution is 5.85. The smallest absolute Gasteiger partial charge is 0.373 e. The Bertz CT molecular complexity index is 296. The third-order valence-electron chi connectivity index (χ3n) is 3.72. The van der Waals surface area contributed by atoms with Crippen LogP contribution < -0.4 is 5.32 Å². The highest BCUT2D eigenvalue weighted by Crippen LogP contribution is 2.36. The highest BCUT2D eigenvalue weighted by atomic mass is 16.6. The first kappa shape index (κ1) is 16.0. The topological polar surface area (TPSA) is 47.6 Å². The van der Waals surface area contributed by atoms with E-state index in [4.69, 9.17) is 9.47 Å². The standard InChI is InChI=1S/C15H27NO3/c1-4-15(9-6-7-10-15)19-14(17)13(3)18-12-8-11-16-5-2/h16H,3-12H2,1-2H3. The lowest BCUT2D eigenvalue weighted by atomic mass is 9.99. The number of carbonyl (C=O) groups excluding carboxylic acids is 1. The van der Waals surface area contributed by atoms with Crippen molar-refractivity contribution in [2.45, 2.75) is 58.0 Å². The molecule has 1 aliphatic carbocycles. The molecule has 0 atom stereocenters. The summed E-state index contributed by atoms with van der Waals surface area (Å²) in [5.41, 5.74) is -0.271. The molecule has 0 radical (unpaired) electrons. The van der Waals surface area contributed by atoms with E-state index in [1.807, 2.05) is 0 Å². The average molecular weight is 269 g/mol. The van der Waals surface area contributed by atoms with Gasteiger partial charge >= 0.3 is 5.97 Å². The largest absolute Gasteiger partial charge is 0.487 e. The molecule has 1 saturated carbocycles. The first-order chi connectivity index (χ1) is 9.13. The minimum Gasteiger partial charge on any atom is -0.487 e. The van der Waals surface area contributed by atoms with Gasteiger partial charge in [0, 0.05) is 0 Å². The number of carbonyl (C=O) groups is 1. The van der Waals surface area contributed by atoms with E-state index in [1.54, 1.807) is 0 Å². The van der Waals surface area contributed by atoms with Crippen LogP contribution in [0.3, 0.4) is 0 Å². The molecule has 0 spiro atoms. The van der Waals surface area contributed by atoms with Crippen LogP contribution >= 0.6 is 0 Å². The SMILES string of the molecule is C=C(OCCCNCC)C(=O)OC1(CC)CCCC1. The van der Waals surface area contributed by atoms with Crippen LogP contribution in [-0.2, 0) is 14.3 Å². The fourth-order valence-corrected chi connectivity index (χ4v) is 2.43. The minimum atomic E-state index is -0.396. The van der Waals surface area contributed by atoms with Crippen molar-refractivity contribution >= 4 is 5.97 Å². The molecular formula is C15H27NO3. The zero-order valence-electron chi connectivity index (χ0n) is 12.3. The number of ether oxygens (including phenoxy) is 2. The maximum absolute atomic E-state index is 11.9. The van der Waals surface area contributed by atoms with Gasteiger partial charge in [0.1, 0.15) is 5.60 Å². The summed E-state index contributed by atoms with van der Waals surface area (Å²) in [4.78, 5) is 11.9. The molecule has 0 saturated heterocycles. The van der Waals surface area contributed by atoms with Gasteiger partial charge in [-0.05, 0) is 58.2 Å². The summed E-state index contributed by atoms with van der Waals surface area (Å²) in [7, 11) is 0. The van der Waals surface area contributed by atoms with E-state index in [0.717, 1.165) is 51.6 Å². The Kier molecular flexibility index (Phi) is 6.92. The van der Waals surface area contributed by atoms with Crippen LogP contribution in [0.25, 0.3) is 0 Å². The molecule has 0 aromatic heterocycles. The number of nitrogens with one attached hydrogen (secondary N) is 1. The number of rotatable bonds is 9. The second-order valence-corrected chi connectivity index (χ2v) is 5.11. The third-order valence-corrected chi connectivity index (χ3v) is 3.72. The second-order valence-electron chi connectivity index (χ2n) is 5.11. The molecule has 4 heteroatoms. The van der Waals surface area contributed by atoms with Crippen LogP contribution in [-0.4, -0.2) is 31.3 Å². The molecule has 0 aromatic carbocycles. The van der Waals surface area contributed by atoms with Crippen LogP contribution in [0.1, 0.15) is 52.4 Å². The Morgan fingerprint density at radius 2 is 2.00 bits per heavy atom. The fourth-order valence-electron chi connectivity index (χ4n) is 2.43. The summed E-state index contributed by atoms with van der Waals surface area (Å²) in [6.07, 6.45) is 5.92. The molecular weight excluding hydrogens is 242 g/mol. The monoisotopic (exact) mass is 269 g/mol. The van der Waals surface area contributed by atoms with E-state index >= 15 is 0 Å². The molecule has 4 nitrogen and oxygen atoms in total. The summed E-state index contributed by atoms with van der Waals surface area (Å²) < 4.78 is 11.0. The first-order valence-electron chi connectivity index (χ1n) is 7.39. The van der Waals surface area contributed by atoms with Crippen LogP contribution in [0.5, 0.6) is 0 Å². The van der Waals surface area contributed by atoms with E-state index in [1.165, 1.54) is 0 Å². The fraction of sp³-hybridized carbons (Fsp3) is 0.800. The summed E-state index contributed by atoms with van der Waals surface area (Å²) >= 11 is 0. The Hall–Kier alpha value is -1.03. The maximum Gasteiger partial charge on any atom is 0.373 e. The van der Waals surface area contributed by atoms with E-state index in [2.05, 4.69) is 25.7 Å². The van der Waals surface area contributed by atoms with Gasteiger partial charge in [0.25, 0.3) is 0 Å². The van der Waals surface area contributed by atoms with Gasteiger partial charge in [-0.3, -0.25) is 0 Å².